The zero-order valence-electron chi connectivity index (χ0n) is 15.5. The average molecular weight is 340 g/mol. The second-order valence-electron chi connectivity index (χ2n) is 7.17. The number of fused-ring (bicyclic) bond motifs is 1. The van der Waals surface area contributed by atoms with Crippen molar-refractivity contribution in [2.75, 3.05) is 40.8 Å². The van der Waals surface area contributed by atoms with Crippen LogP contribution in [0.2, 0.25) is 0 Å². The van der Waals surface area contributed by atoms with E-state index in [1.165, 1.54) is 6.42 Å². The third-order valence-electron chi connectivity index (χ3n) is 5.24. The van der Waals surface area contributed by atoms with Crippen LogP contribution in [0.1, 0.15) is 18.4 Å². The normalized spacial score (nSPS) is 18.2. The second kappa shape index (κ2) is 7.93. The first kappa shape index (κ1) is 17.8. The number of likely N-dealkylation sites (tertiary alicyclic amines) is 1. The van der Waals surface area contributed by atoms with Crippen molar-refractivity contribution in [2.24, 2.45) is 0 Å². The minimum absolute atomic E-state index is 0.194. The molecule has 0 N–H and O–H groups in total. The van der Waals surface area contributed by atoms with Crippen molar-refractivity contribution in [2.45, 2.75) is 25.4 Å². The fraction of sp³-hybridized carbons (Fsp3) is 0.500. The third kappa shape index (κ3) is 4.35. The van der Waals surface area contributed by atoms with Gasteiger partial charge < -0.3 is 14.7 Å². The van der Waals surface area contributed by atoms with Gasteiger partial charge in [-0.3, -0.25) is 9.78 Å². The Balaban J connectivity index is 1.55. The maximum Gasteiger partial charge on any atom is 0.223 e. The molecule has 1 aromatic heterocycles. The molecule has 0 aliphatic carbocycles. The van der Waals surface area contributed by atoms with Crippen LogP contribution in [0.3, 0.4) is 0 Å². The molecule has 0 spiro atoms. The van der Waals surface area contributed by atoms with Gasteiger partial charge in [0.2, 0.25) is 5.91 Å². The number of amides is 1. The summed E-state index contributed by atoms with van der Waals surface area (Å²) >= 11 is 0. The molecule has 2 aromatic rings. The van der Waals surface area contributed by atoms with Crippen LogP contribution in [0, 0.1) is 0 Å². The van der Waals surface area contributed by atoms with Gasteiger partial charge in [0.15, 0.2) is 0 Å². The molecule has 0 bridgehead atoms. The highest BCUT2D eigenvalue weighted by Crippen LogP contribution is 2.18. The number of hydrogen-bond acceptors (Lipinski definition) is 4. The Labute approximate surface area is 150 Å². The van der Waals surface area contributed by atoms with E-state index in [1.807, 2.05) is 30.1 Å². The van der Waals surface area contributed by atoms with E-state index in [0.717, 1.165) is 36.1 Å². The van der Waals surface area contributed by atoms with Crippen LogP contribution in [-0.4, -0.2) is 72.4 Å². The highest BCUT2D eigenvalue weighted by Gasteiger charge is 2.23. The van der Waals surface area contributed by atoms with Crippen LogP contribution in [0.5, 0.6) is 0 Å². The summed E-state index contributed by atoms with van der Waals surface area (Å²) in [7, 11) is 6.18. The molecule has 0 unspecified atom stereocenters. The quantitative estimate of drug-likeness (QED) is 0.808. The van der Waals surface area contributed by atoms with Gasteiger partial charge in [0.1, 0.15) is 0 Å². The molecule has 134 valence electrons. The SMILES string of the molecule is CN1CC[C@@H](N(C)CCC(=O)N(C)Cc2cccc3ncccc23)C1. The number of nitrogens with zero attached hydrogens (tertiary/aromatic N) is 4. The van der Waals surface area contributed by atoms with Crippen molar-refractivity contribution in [1.29, 1.82) is 0 Å². The predicted molar refractivity (Wildman–Crippen MR) is 101 cm³/mol. The largest absolute Gasteiger partial charge is 0.341 e. The summed E-state index contributed by atoms with van der Waals surface area (Å²) in [6, 6.07) is 10.7. The molecule has 3 rings (SSSR count). The minimum Gasteiger partial charge on any atom is -0.341 e. The molecule has 0 saturated carbocycles. The topological polar surface area (TPSA) is 39.7 Å². The van der Waals surface area contributed by atoms with Crippen molar-refractivity contribution >= 4 is 16.8 Å². The van der Waals surface area contributed by atoms with E-state index in [9.17, 15) is 4.79 Å². The number of benzene rings is 1. The summed E-state index contributed by atoms with van der Waals surface area (Å²) in [6.07, 6.45) is 3.56. The van der Waals surface area contributed by atoms with Crippen LogP contribution in [0.15, 0.2) is 36.5 Å². The molecule has 1 aliphatic rings. The lowest BCUT2D eigenvalue weighted by atomic mass is 10.1. The maximum absolute atomic E-state index is 12.5. The van der Waals surface area contributed by atoms with Crippen LogP contribution in [0.25, 0.3) is 10.9 Å². The van der Waals surface area contributed by atoms with Crippen molar-refractivity contribution in [3.8, 4) is 0 Å². The Kier molecular flexibility index (Phi) is 5.66. The van der Waals surface area contributed by atoms with Crippen LogP contribution in [0.4, 0.5) is 0 Å². The van der Waals surface area contributed by atoms with E-state index < -0.39 is 0 Å². The van der Waals surface area contributed by atoms with Crippen molar-refractivity contribution in [3.63, 3.8) is 0 Å². The summed E-state index contributed by atoms with van der Waals surface area (Å²) in [6.45, 7) is 3.69. The maximum atomic E-state index is 12.5. The summed E-state index contributed by atoms with van der Waals surface area (Å²) < 4.78 is 0. The molecule has 0 radical (unpaired) electrons. The smallest absolute Gasteiger partial charge is 0.223 e. The van der Waals surface area contributed by atoms with Gasteiger partial charge in [-0.2, -0.15) is 0 Å². The van der Waals surface area contributed by atoms with E-state index in [2.05, 4.69) is 41.0 Å². The van der Waals surface area contributed by atoms with Crippen LogP contribution < -0.4 is 0 Å². The fourth-order valence-corrected chi connectivity index (χ4v) is 3.57. The number of rotatable bonds is 6. The van der Waals surface area contributed by atoms with Gasteiger partial charge >= 0.3 is 0 Å². The Morgan fingerprint density at radius 1 is 1.28 bits per heavy atom. The van der Waals surface area contributed by atoms with Crippen LogP contribution in [-0.2, 0) is 11.3 Å². The van der Waals surface area contributed by atoms with Gasteiger partial charge in [-0.15, -0.1) is 0 Å². The molecule has 1 fully saturated rings. The molecule has 1 atom stereocenters. The Hall–Kier alpha value is -1.98. The molecule has 1 amide bonds. The summed E-state index contributed by atoms with van der Waals surface area (Å²) in [5.74, 6) is 0.194. The molecule has 5 nitrogen and oxygen atoms in total. The average Bonchev–Trinajstić information content (AvgIpc) is 3.06. The summed E-state index contributed by atoms with van der Waals surface area (Å²) in [5, 5.41) is 1.12. The van der Waals surface area contributed by atoms with Gasteiger partial charge in [-0.1, -0.05) is 18.2 Å². The zero-order chi connectivity index (χ0) is 17.8. The number of hydrogen-bond donors (Lipinski definition) is 0. The molecular formula is C20H28N4O. The highest BCUT2D eigenvalue weighted by atomic mass is 16.2. The molecule has 1 aliphatic heterocycles. The van der Waals surface area contributed by atoms with E-state index >= 15 is 0 Å². The van der Waals surface area contributed by atoms with Gasteiger partial charge in [-0.05, 0) is 44.8 Å². The van der Waals surface area contributed by atoms with Gasteiger partial charge in [0.05, 0.1) is 5.52 Å². The summed E-state index contributed by atoms with van der Waals surface area (Å²) in [4.78, 5) is 23.4. The van der Waals surface area contributed by atoms with Crippen molar-refractivity contribution in [3.05, 3.63) is 42.1 Å². The standard InChI is InChI=1S/C20H28N4O/c1-22-12-9-17(15-22)23(2)13-10-20(25)24(3)14-16-6-4-8-19-18(16)7-5-11-21-19/h4-8,11,17H,9-10,12-15H2,1-3H3/t17-/m1/s1. The third-order valence-corrected chi connectivity index (χ3v) is 5.24. The first-order valence-electron chi connectivity index (χ1n) is 9.00. The molecular weight excluding hydrogens is 312 g/mol. The first-order chi connectivity index (χ1) is 12.0. The molecule has 1 saturated heterocycles. The lowest BCUT2D eigenvalue weighted by Gasteiger charge is -2.25. The minimum atomic E-state index is 0.194. The van der Waals surface area contributed by atoms with Crippen molar-refractivity contribution < 1.29 is 4.79 Å². The number of aromatic nitrogens is 1. The Morgan fingerprint density at radius 2 is 2.12 bits per heavy atom. The Bertz CT molecular complexity index is 727. The number of pyridine rings is 1. The van der Waals surface area contributed by atoms with Crippen molar-refractivity contribution in [1.82, 2.24) is 19.7 Å². The van der Waals surface area contributed by atoms with E-state index in [0.29, 0.717) is 19.0 Å². The van der Waals surface area contributed by atoms with Gasteiger partial charge in [-0.25, -0.2) is 0 Å². The molecule has 1 aromatic carbocycles. The lowest BCUT2D eigenvalue weighted by molar-refractivity contribution is -0.130. The predicted octanol–water partition coefficient (Wildman–Crippen LogP) is 2.22. The fourth-order valence-electron chi connectivity index (χ4n) is 3.57. The Morgan fingerprint density at radius 3 is 2.88 bits per heavy atom. The molecule has 2 heterocycles. The van der Waals surface area contributed by atoms with E-state index in [1.54, 1.807) is 6.20 Å². The monoisotopic (exact) mass is 340 g/mol. The van der Waals surface area contributed by atoms with Gasteiger partial charge in [0.25, 0.3) is 0 Å². The lowest BCUT2D eigenvalue weighted by Crippen LogP contribution is -2.37. The molecule has 5 heteroatoms. The van der Waals surface area contributed by atoms with E-state index in [-0.39, 0.29) is 5.91 Å². The second-order valence-corrected chi connectivity index (χ2v) is 7.17. The van der Waals surface area contributed by atoms with E-state index in [4.69, 9.17) is 0 Å². The number of carbonyl (C=O) groups is 1. The summed E-state index contributed by atoms with van der Waals surface area (Å²) in [5.41, 5.74) is 2.12. The highest BCUT2D eigenvalue weighted by molar-refractivity contribution is 5.83. The first-order valence-corrected chi connectivity index (χ1v) is 9.00. The van der Waals surface area contributed by atoms with Gasteiger partial charge in [0, 0.05) is 50.7 Å². The zero-order valence-corrected chi connectivity index (χ0v) is 15.5. The number of likely N-dealkylation sites (N-methyl/N-ethyl adjacent to an activating group) is 2. The number of carbonyl (C=O) groups excluding carboxylic acids is 1. The van der Waals surface area contributed by atoms with Crippen LogP contribution >= 0.6 is 0 Å². The molecule has 25 heavy (non-hydrogen) atoms.